The monoisotopic (exact) mass is 536 g/mol. The minimum atomic E-state index is -0.238. The summed E-state index contributed by atoms with van der Waals surface area (Å²) in [7, 11) is 1.68. The number of nitrogens with one attached hydrogen (secondary N) is 1. The van der Waals surface area contributed by atoms with Gasteiger partial charge in [0.2, 0.25) is 0 Å². The maximum atomic E-state index is 12.4. The Balaban J connectivity index is 0.000000403. The Morgan fingerprint density at radius 3 is 2.33 bits per heavy atom. The molecule has 9 nitrogen and oxygen atoms in total. The summed E-state index contributed by atoms with van der Waals surface area (Å²) in [5.74, 6) is 1.000. The number of fused-ring (bicyclic) bond motifs is 1. The molecule has 3 N–H and O–H groups in total. The number of piperidine rings is 1. The van der Waals surface area contributed by atoms with Crippen molar-refractivity contribution in [1.82, 2.24) is 10.2 Å². The molecular formula is C30H40N4O5. The molecule has 2 amide bonds. The van der Waals surface area contributed by atoms with Crippen molar-refractivity contribution in [1.29, 1.82) is 0 Å². The van der Waals surface area contributed by atoms with Gasteiger partial charge in [-0.3, -0.25) is 9.59 Å². The maximum Gasteiger partial charge on any atom is 0.409 e. The molecule has 39 heavy (non-hydrogen) atoms. The van der Waals surface area contributed by atoms with Gasteiger partial charge in [-0.15, -0.1) is 0 Å². The Bertz CT molecular complexity index is 1190. The molecule has 0 unspecified atom stereocenters. The summed E-state index contributed by atoms with van der Waals surface area (Å²) in [6, 6.07) is 13.9. The molecule has 2 aliphatic rings. The lowest BCUT2D eigenvalue weighted by molar-refractivity contribution is -0.116. The number of rotatable bonds is 5. The standard InChI is InChI=1S/C25H29NO4.C5H11N3O/c1-24(2,3)17-29-23(28)26-12-10-25(11-13-26)15-21-14-20(8-9-22(21)30-25)19-6-4-18(16-27)5-7-19;1-4(6)8-5(9)3-7-2/h4-9,14,16H,10-13,15,17H2,1-3H3;7H,3H2,1-2H3,(H2,6,8,9). The third-order valence-electron chi connectivity index (χ3n) is 6.47. The van der Waals surface area contributed by atoms with Crippen LogP contribution in [-0.2, 0) is 16.0 Å². The fourth-order valence-corrected chi connectivity index (χ4v) is 4.50. The summed E-state index contributed by atoms with van der Waals surface area (Å²) in [5.41, 5.74) is 8.94. The van der Waals surface area contributed by atoms with E-state index in [1.54, 1.807) is 18.9 Å². The van der Waals surface area contributed by atoms with Crippen molar-refractivity contribution in [2.75, 3.05) is 33.3 Å². The van der Waals surface area contributed by atoms with Crippen molar-refractivity contribution in [2.24, 2.45) is 16.1 Å². The summed E-state index contributed by atoms with van der Waals surface area (Å²) < 4.78 is 11.8. The fourth-order valence-electron chi connectivity index (χ4n) is 4.50. The first-order valence-corrected chi connectivity index (χ1v) is 13.2. The van der Waals surface area contributed by atoms with E-state index in [0.717, 1.165) is 42.4 Å². The number of likely N-dealkylation sites (tertiary alicyclic amines) is 1. The van der Waals surface area contributed by atoms with Crippen LogP contribution in [0.15, 0.2) is 47.5 Å². The van der Waals surface area contributed by atoms with Gasteiger partial charge in [-0.2, -0.15) is 4.99 Å². The summed E-state index contributed by atoms with van der Waals surface area (Å²) in [5, 5.41) is 2.66. The second-order valence-electron chi connectivity index (χ2n) is 11.3. The largest absolute Gasteiger partial charge is 0.487 e. The highest BCUT2D eigenvalue weighted by molar-refractivity contribution is 5.93. The number of nitrogens with zero attached hydrogens (tertiary/aromatic N) is 2. The topological polar surface area (TPSA) is 123 Å². The van der Waals surface area contributed by atoms with Gasteiger partial charge in [0, 0.05) is 37.9 Å². The second-order valence-corrected chi connectivity index (χ2v) is 11.3. The molecule has 4 rings (SSSR count). The maximum absolute atomic E-state index is 12.4. The van der Waals surface area contributed by atoms with Crippen LogP contribution in [0.25, 0.3) is 11.1 Å². The molecule has 2 heterocycles. The minimum Gasteiger partial charge on any atom is -0.487 e. The Labute approximate surface area is 230 Å². The third kappa shape index (κ3) is 8.64. The van der Waals surface area contributed by atoms with Crippen LogP contribution in [0.4, 0.5) is 4.79 Å². The normalized spacial score (nSPS) is 16.0. The number of benzene rings is 2. The van der Waals surface area contributed by atoms with Gasteiger partial charge in [-0.25, -0.2) is 4.79 Å². The van der Waals surface area contributed by atoms with Crippen molar-refractivity contribution >= 4 is 24.1 Å². The van der Waals surface area contributed by atoms with E-state index in [0.29, 0.717) is 31.1 Å². The molecule has 2 aliphatic heterocycles. The number of nitrogens with two attached hydrogens (primary N) is 1. The molecule has 0 aromatic heterocycles. The van der Waals surface area contributed by atoms with Crippen molar-refractivity contribution in [3.8, 4) is 16.9 Å². The van der Waals surface area contributed by atoms with Crippen LogP contribution >= 0.6 is 0 Å². The number of amides is 2. The number of hydrogen-bond donors (Lipinski definition) is 2. The Morgan fingerprint density at radius 1 is 1.13 bits per heavy atom. The van der Waals surface area contributed by atoms with Gasteiger partial charge in [0.25, 0.3) is 5.91 Å². The van der Waals surface area contributed by atoms with Crippen molar-refractivity contribution in [2.45, 2.75) is 52.6 Å². The van der Waals surface area contributed by atoms with Crippen LogP contribution in [0, 0.1) is 5.41 Å². The van der Waals surface area contributed by atoms with E-state index in [2.05, 4.69) is 43.2 Å². The zero-order valence-electron chi connectivity index (χ0n) is 23.6. The third-order valence-corrected chi connectivity index (χ3v) is 6.47. The van der Waals surface area contributed by atoms with Crippen LogP contribution in [0.2, 0.25) is 0 Å². The molecule has 2 aromatic carbocycles. The average molecular weight is 537 g/mol. The predicted molar refractivity (Wildman–Crippen MR) is 152 cm³/mol. The number of hydrogen-bond acceptors (Lipinski definition) is 6. The summed E-state index contributed by atoms with van der Waals surface area (Å²) in [6.45, 7) is 9.71. The van der Waals surface area contributed by atoms with Crippen LogP contribution in [-0.4, -0.2) is 67.9 Å². The lowest BCUT2D eigenvalue weighted by Crippen LogP contribution is -2.49. The van der Waals surface area contributed by atoms with Crippen molar-refractivity contribution in [3.05, 3.63) is 53.6 Å². The van der Waals surface area contributed by atoms with Crippen LogP contribution in [0.3, 0.4) is 0 Å². The highest BCUT2D eigenvalue weighted by Crippen LogP contribution is 2.42. The lowest BCUT2D eigenvalue weighted by Gasteiger charge is -2.38. The minimum absolute atomic E-state index is 0.0336. The van der Waals surface area contributed by atoms with Crippen LogP contribution in [0.1, 0.15) is 56.5 Å². The van der Waals surface area contributed by atoms with Gasteiger partial charge >= 0.3 is 6.09 Å². The highest BCUT2D eigenvalue weighted by Gasteiger charge is 2.43. The Kier molecular flexibility index (Phi) is 9.86. The summed E-state index contributed by atoms with van der Waals surface area (Å²) in [6.07, 6.45) is 3.09. The number of aliphatic imine (C=N–C) groups is 1. The second kappa shape index (κ2) is 12.9. The summed E-state index contributed by atoms with van der Waals surface area (Å²) in [4.78, 5) is 39.0. The molecule has 1 fully saturated rings. The Morgan fingerprint density at radius 2 is 1.77 bits per heavy atom. The molecular weight excluding hydrogens is 496 g/mol. The number of amidine groups is 1. The highest BCUT2D eigenvalue weighted by atomic mass is 16.6. The number of carbonyl (C=O) groups is 3. The SMILES string of the molecule is CC(C)(C)COC(=O)N1CCC2(CC1)Cc1cc(-c3ccc(C=O)cc3)ccc1O2.CNCC(=O)N=C(C)N. The number of aldehydes is 1. The number of carbonyl (C=O) groups excluding carboxylic acids is 3. The fraction of sp³-hybridized carbons (Fsp3) is 0.467. The van der Waals surface area contributed by atoms with Gasteiger partial charge in [0.15, 0.2) is 0 Å². The van der Waals surface area contributed by atoms with Crippen molar-refractivity contribution in [3.63, 3.8) is 0 Å². The number of ether oxygens (including phenoxy) is 2. The van der Waals surface area contributed by atoms with Gasteiger partial charge in [0.1, 0.15) is 17.6 Å². The van der Waals surface area contributed by atoms with E-state index in [1.807, 2.05) is 30.3 Å². The van der Waals surface area contributed by atoms with E-state index in [-0.39, 0.29) is 29.6 Å². The zero-order chi connectivity index (χ0) is 28.6. The van der Waals surface area contributed by atoms with E-state index < -0.39 is 0 Å². The van der Waals surface area contributed by atoms with Gasteiger partial charge in [0.05, 0.1) is 19.0 Å². The molecule has 9 heteroatoms. The number of likely N-dealkylation sites (N-methyl/N-ethyl adjacent to an activating group) is 1. The lowest BCUT2D eigenvalue weighted by atomic mass is 9.86. The molecule has 210 valence electrons. The summed E-state index contributed by atoms with van der Waals surface area (Å²) >= 11 is 0. The van der Waals surface area contributed by atoms with Gasteiger partial charge in [-0.1, -0.05) is 51.1 Å². The molecule has 2 aromatic rings. The Hall–Kier alpha value is -3.72. The molecule has 1 saturated heterocycles. The van der Waals surface area contributed by atoms with E-state index in [9.17, 15) is 14.4 Å². The molecule has 0 bridgehead atoms. The molecule has 0 aliphatic carbocycles. The quantitative estimate of drug-likeness (QED) is 0.333. The molecule has 1 spiro atoms. The molecule has 0 atom stereocenters. The molecule has 0 radical (unpaired) electrons. The van der Waals surface area contributed by atoms with Crippen molar-refractivity contribution < 1.29 is 23.9 Å². The predicted octanol–water partition coefficient (Wildman–Crippen LogP) is 4.23. The average Bonchev–Trinajstić information content (AvgIpc) is 3.24. The van der Waals surface area contributed by atoms with E-state index in [4.69, 9.17) is 15.2 Å². The smallest absolute Gasteiger partial charge is 0.409 e. The van der Waals surface area contributed by atoms with Crippen LogP contribution < -0.4 is 15.8 Å². The van der Waals surface area contributed by atoms with Crippen LogP contribution in [0.5, 0.6) is 5.75 Å². The first kappa shape index (κ1) is 29.8. The van der Waals surface area contributed by atoms with Gasteiger partial charge in [-0.05, 0) is 48.2 Å². The molecule has 0 saturated carbocycles. The first-order valence-electron chi connectivity index (χ1n) is 13.2. The van der Waals surface area contributed by atoms with Gasteiger partial charge < -0.3 is 25.4 Å². The first-order chi connectivity index (χ1) is 18.4. The van der Waals surface area contributed by atoms with E-state index >= 15 is 0 Å². The van der Waals surface area contributed by atoms with E-state index in [1.165, 1.54) is 5.56 Å². The zero-order valence-corrected chi connectivity index (χ0v) is 23.6.